The average molecular weight is 298 g/mol. The average Bonchev–Trinajstić information content (AvgIpc) is 3.18. The maximum atomic E-state index is 12.9. The molecule has 0 N–H and O–H groups in total. The van der Waals surface area contributed by atoms with E-state index in [2.05, 4.69) is 24.1 Å². The van der Waals surface area contributed by atoms with E-state index in [-0.39, 0.29) is 11.8 Å². The number of hydrogen-bond acceptors (Lipinski definition) is 3. The van der Waals surface area contributed by atoms with Crippen molar-refractivity contribution in [2.45, 2.75) is 19.5 Å². The molecule has 0 spiro atoms. The molecule has 0 aliphatic carbocycles. The molecule has 1 saturated heterocycles. The number of amides is 1. The van der Waals surface area contributed by atoms with E-state index in [1.807, 2.05) is 35.2 Å². The molecule has 1 aromatic carbocycles. The number of carbonyl (C=O) groups is 1. The van der Waals surface area contributed by atoms with Crippen molar-refractivity contribution in [3.63, 3.8) is 0 Å². The molecule has 22 heavy (non-hydrogen) atoms. The molecule has 1 aromatic heterocycles. The fourth-order valence-electron chi connectivity index (χ4n) is 3.00. The highest BCUT2D eigenvalue weighted by Crippen LogP contribution is 2.20. The van der Waals surface area contributed by atoms with E-state index in [1.54, 1.807) is 6.26 Å². The standard InChI is InChI=1S/C18H22N2O2/c1-19-10-9-16(13-19)18(21)20(14-17-8-5-11-22-17)12-15-6-3-2-4-7-15/h2-8,11,16H,9-10,12-14H2,1H3. The van der Waals surface area contributed by atoms with Gasteiger partial charge in [-0.3, -0.25) is 4.79 Å². The lowest BCUT2D eigenvalue weighted by atomic mass is 10.1. The first kappa shape index (κ1) is 14.9. The molecule has 2 aromatic rings. The van der Waals surface area contributed by atoms with E-state index in [1.165, 1.54) is 0 Å². The Hall–Kier alpha value is -2.07. The van der Waals surface area contributed by atoms with Crippen LogP contribution in [0.1, 0.15) is 17.7 Å². The van der Waals surface area contributed by atoms with E-state index in [0.29, 0.717) is 13.1 Å². The summed E-state index contributed by atoms with van der Waals surface area (Å²) in [4.78, 5) is 17.0. The summed E-state index contributed by atoms with van der Waals surface area (Å²) in [6.45, 7) is 3.00. The van der Waals surface area contributed by atoms with Crippen molar-refractivity contribution in [1.29, 1.82) is 0 Å². The molecular weight excluding hydrogens is 276 g/mol. The van der Waals surface area contributed by atoms with Crippen molar-refractivity contribution in [1.82, 2.24) is 9.80 Å². The largest absolute Gasteiger partial charge is 0.467 e. The maximum Gasteiger partial charge on any atom is 0.227 e. The van der Waals surface area contributed by atoms with Crippen LogP contribution in [-0.2, 0) is 17.9 Å². The Morgan fingerprint density at radius 1 is 1.23 bits per heavy atom. The second-order valence-electron chi connectivity index (χ2n) is 6.01. The van der Waals surface area contributed by atoms with Crippen LogP contribution in [0.5, 0.6) is 0 Å². The van der Waals surface area contributed by atoms with Gasteiger partial charge in [0.05, 0.1) is 18.7 Å². The van der Waals surface area contributed by atoms with Crippen molar-refractivity contribution < 1.29 is 9.21 Å². The number of furan rings is 1. The van der Waals surface area contributed by atoms with Gasteiger partial charge in [-0.2, -0.15) is 0 Å². The normalized spacial score (nSPS) is 18.5. The van der Waals surface area contributed by atoms with Crippen LogP contribution in [0.4, 0.5) is 0 Å². The van der Waals surface area contributed by atoms with E-state index in [4.69, 9.17) is 4.42 Å². The zero-order chi connectivity index (χ0) is 15.4. The minimum atomic E-state index is 0.101. The first-order chi connectivity index (χ1) is 10.7. The minimum Gasteiger partial charge on any atom is -0.467 e. The predicted molar refractivity (Wildman–Crippen MR) is 85.0 cm³/mol. The number of rotatable bonds is 5. The highest BCUT2D eigenvalue weighted by molar-refractivity contribution is 5.79. The first-order valence-corrected chi connectivity index (χ1v) is 7.76. The molecule has 1 unspecified atom stereocenters. The van der Waals surface area contributed by atoms with Gasteiger partial charge in [0, 0.05) is 13.1 Å². The minimum absolute atomic E-state index is 0.101. The molecule has 0 radical (unpaired) electrons. The molecule has 1 aliphatic heterocycles. The van der Waals surface area contributed by atoms with Gasteiger partial charge < -0.3 is 14.2 Å². The monoisotopic (exact) mass is 298 g/mol. The number of nitrogens with zero attached hydrogens (tertiary/aromatic N) is 2. The van der Waals surface area contributed by atoms with Gasteiger partial charge in [-0.25, -0.2) is 0 Å². The van der Waals surface area contributed by atoms with Gasteiger partial charge in [0.2, 0.25) is 5.91 Å². The Morgan fingerprint density at radius 3 is 2.68 bits per heavy atom. The zero-order valence-electron chi connectivity index (χ0n) is 12.9. The van der Waals surface area contributed by atoms with Gasteiger partial charge in [0.15, 0.2) is 0 Å². The van der Waals surface area contributed by atoms with Gasteiger partial charge in [-0.1, -0.05) is 30.3 Å². The number of likely N-dealkylation sites (tertiary alicyclic amines) is 1. The van der Waals surface area contributed by atoms with E-state index in [9.17, 15) is 4.79 Å². The lowest BCUT2D eigenvalue weighted by molar-refractivity contribution is -0.136. The van der Waals surface area contributed by atoms with Crippen molar-refractivity contribution in [2.24, 2.45) is 5.92 Å². The predicted octanol–water partition coefficient (Wildman–Crippen LogP) is 2.76. The van der Waals surface area contributed by atoms with Crippen LogP contribution in [0.15, 0.2) is 53.1 Å². The van der Waals surface area contributed by atoms with Crippen LogP contribution < -0.4 is 0 Å². The highest BCUT2D eigenvalue weighted by atomic mass is 16.3. The maximum absolute atomic E-state index is 12.9. The van der Waals surface area contributed by atoms with E-state index < -0.39 is 0 Å². The van der Waals surface area contributed by atoms with E-state index in [0.717, 1.165) is 30.8 Å². The molecular formula is C18H22N2O2. The molecule has 1 aliphatic rings. The van der Waals surface area contributed by atoms with E-state index >= 15 is 0 Å². The molecule has 1 amide bonds. The second kappa shape index (κ2) is 6.79. The van der Waals surface area contributed by atoms with Crippen molar-refractivity contribution in [3.8, 4) is 0 Å². The van der Waals surface area contributed by atoms with Gasteiger partial charge in [0.1, 0.15) is 5.76 Å². The highest BCUT2D eigenvalue weighted by Gasteiger charge is 2.30. The summed E-state index contributed by atoms with van der Waals surface area (Å²) in [5.74, 6) is 1.16. The van der Waals surface area contributed by atoms with Crippen LogP contribution in [0, 0.1) is 5.92 Å². The lowest BCUT2D eigenvalue weighted by Gasteiger charge is -2.25. The molecule has 1 atom stereocenters. The molecule has 0 saturated carbocycles. The Kier molecular flexibility index (Phi) is 4.59. The SMILES string of the molecule is CN1CCC(C(=O)N(Cc2ccccc2)Cc2ccco2)C1. The fourth-order valence-corrected chi connectivity index (χ4v) is 3.00. The van der Waals surface area contributed by atoms with Crippen LogP contribution in [0.25, 0.3) is 0 Å². The molecule has 3 rings (SSSR count). The summed E-state index contributed by atoms with van der Waals surface area (Å²) in [5.41, 5.74) is 1.15. The topological polar surface area (TPSA) is 36.7 Å². The molecule has 1 fully saturated rings. The molecule has 0 bridgehead atoms. The Bertz CT molecular complexity index is 595. The fraction of sp³-hybridized carbons (Fsp3) is 0.389. The van der Waals surface area contributed by atoms with Gasteiger partial charge >= 0.3 is 0 Å². The molecule has 4 heteroatoms. The summed E-state index contributed by atoms with van der Waals surface area (Å²) in [7, 11) is 2.07. The zero-order valence-corrected chi connectivity index (χ0v) is 12.9. The van der Waals surface area contributed by atoms with Gasteiger partial charge in [0.25, 0.3) is 0 Å². The summed E-state index contributed by atoms with van der Waals surface area (Å²) in [5, 5.41) is 0. The molecule has 116 valence electrons. The number of carbonyl (C=O) groups excluding carboxylic acids is 1. The molecule has 2 heterocycles. The summed E-state index contributed by atoms with van der Waals surface area (Å²) in [6.07, 6.45) is 2.60. The third kappa shape index (κ3) is 3.57. The van der Waals surface area contributed by atoms with Crippen molar-refractivity contribution >= 4 is 5.91 Å². The smallest absolute Gasteiger partial charge is 0.227 e. The van der Waals surface area contributed by atoms with Crippen LogP contribution in [0.2, 0.25) is 0 Å². The van der Waals surface area contributed by atoms with Crippen LogP contribution in [-0.4, -0.2) is 35.8 Å². The van der Waals surface area contributed by atoms with Crippen molar-refractivity contribution in [3.05, 3.63) is 60.1 Å². The summed E-state index contributed by atoms with van der Waals surface area (Å²) >= 11 is 0. The lowest BCUT2D eigenvalue weighted by Crippen LogP contribution is -2.36. The quantitative estimate of drug-likeness (QED) is 0.851. The molecule has 4 nitrogen and oxygen atoms in total. The third-order valence-corrected chi connectivity index (χ3v) is 4.20. The Morgan fingerprint density at radius 2 is 2.05 bits per heavy atom. The summed E-state index contributed by atoms with van der Waals surface area (Å²) < 4.78 is 5.43. The van der Waals surface area contributed by atoms with Crippen LogP contribution in [0.3, 0.4) is 0 Å². The Balaban J connectivity index is 1.74. The van der Waals surface area contributed by atoms with Crippen molar-refractivity contribution in [2.75, 3.05) is 20.1 Å². The number of hydrogen-bond donors (Lipinski definition) is 0. The van der Waals surface area contributed by atoms with Crippen LogP contribution >= 0.6 is 0 Å². The Labute approximate surface area is 131 Å². The summed E-state index contributed by atoms with van der Waals surface area (Å²) in [6, 6.07) is 13.9. The second-order valence-corrected chi connectivity index (χ2v) is 6.01. The first-order valence-electron chi connectivity index (χ1n) is 7.76. The number of benzene rings is 1. The van der Waals surface area contributed by atoms with Gasteiger partial charge in [-0.05, 0) is 37.7 Å². The van der Waals surface area contributed by atoms with Gasteiger partial charge in [-0.15, -0.1) is 0 Å². The third-order valence-electron chi connectivity index (χ3n) is 4.20.